The molecule has 0 saturated heterocycles. The zero-order valence-corrected chi connectivity index (χ0v) is 18.3. The highest BCUT2D eigenvalue weighted by atomic mass is 32.2. The average Bonchev–Trinajstić information content (AvgIpc) is 3.19. The number of rotatable bonds is 8. The molecule has 6 nitrogen and oxygen atoms in total. The number of sulfonamides is 1. The van der Waals surface area contributed by atoms with E-state index >= 15 is 0 Å². The molecule has 1 heterocycles. The highest BCUT2D eigenvalue weighted by Gasteiger charge is 2.22. The van der Waals surface area contributed by atoms with E-state index in [0.29, 0.717) is 23.9 Å². The van der Waals surface area contributed by atoms with Crippen LogP contribution in [0.2, 0.25) is 0 Å². The van der Waals surface area contributed by atoms with E-state index < -0.39 is 10.0 Å². The molecule has 2 aromatic carbocycles. The number of nitrogens with one attached hydrogen (secondary N) is 1. The third-order valence-electron chi connectivity index (χ3n) is 4.43. The summed E-state index contributed by atoms with van der Waals surface area (Å²) in [4.78, 5) is 4.80. The van der Waals surface area contributed by atoms with Gasteiger partial charge in [-0.2, -0.15) is 9.41 Å². The Morgan fingerprint density at radius 3 is 2.55 bits per heavy atom. The molecule has 0 bridgehead atoms. The lowest BCUT2D eigenvalue weighted by Crippen LogP contribution is -2.30. The third kappa shape index (κ3) is 5.09. The molecule has 0 unspecified atom stereocenters. The van der Waals surface area contributed by atoms with Crippen LogP contribution >= 0.6 is 11.3 Å². The summed E-state index contributed by atoms with van der Waals surface area (Å²) < 4.78 is 27.0. The normalized spacial score (nSPS) is 12.0. The molecule has 0 aliphatic rings. The number of aromatic nitrogens is 1. The molecule has 0 radical (unpaired) electrons. The molecule has 3 aromatic rings. The van der Waals surface area contributed by atoms with Crippen molar-refractivity contribution in [3.8, 4) is 11.3 Å². The monoisotopic (exact) mass is 428 g/mol. The molecule has 29 heavy (non-hydrogen) atoms. The summed E-state index contributed by atoms with van der Waals surface area (Å²) in [6, 6.07) is 14.9. The van der Waals surface area contributed by atoms with Crippen molar-refractivity contribution >= 4 is 32.7 Å². The van der Waals surface area contributed by atoms with Gasteiger partial charge in [-0.15, -0.1) is 11.3 Å². The molecular formula is C21H24N4O2S2. The first-order valence-corrected chi connectivity index (χ1v) is 11.7. The van der Waals surface area contributed by atoms with E-state index in [-0.39, 0.29) is 4.90 Å². The zero-order chi connectivity index (χ0) is 20.9. The summed E-state index contributed by atoms with van der Waals surface area (Å²) in [5.41, 5.74) is 6.59. The smallest absolute Gasteiger partial charge is 0.243 e. The van der Waals surface area contributed by atoms with Gasteiger partial charge in [0.25, 0.3) is 0 Å². The van der Waals surface area contributed by atoms with Crippen LogP contribution in [-0.2, 0) is 10.0 Å². The summed E-state index contributed by atoms with van der Waals surface area (Å²) in [6.45, 7) is 6.58. The molecule has 8 heteroatoms. The maximum atomic E-state index is 12.8. The van der Waals surface area contributed by atoms with Crippen LogP contribution < -0.4 is 5.43 Å². The number of thiazole rings is 1. The SMILES string of the molecule is CCN(CC)S(=O)(=O)c1cccc(-c2csc(NN=Cc3ccc(C)cc3)n2)c1. The van der Waals surface area contributed by atoms with Crippen molar-refractivity contribution in [3.05, 3.63) is 65.0 Å². The van der Waals surface area contributed by atoms with Crippen LogP contribution in [0.1, 0.15) is 25.0 Å². The summed E-state index contributed by atoms with van der Waals surface area (Å²) >= 11 is 1.41. The number of hydrazone groups is 1. The quantitative estimate of drug-likeness (QED) is 0.420. The van der Waals surface area contributed by atoms with Crippen LogP contribution in [0.25, 0.3) is 11.3 Å². The number of hydrogen-bond donors (Lipinski definition) is 1. The first-order chi connectivity index (χ1) is 13.9. The van der Waals surface area contributed by atoms with Crippen LogP contribution in [0.15, 0.2) is 63.9 Å². The van der Waals surface area contributed by atoms with Crippen molar-refractivity contribution in [2.75, 3.05) is 18.5 Å². The predicted molar refractivity (Wildman–Crippen MR) is 120 cm³/mol. The van der Waals surface area contributed by atoms with Gasteiger partial charge in [-0.1, -0.05) is 55.8 Å². The molecule has 0 atom stereocenters. The van der Waals surface area contributed by atoms with E-state index in [9.17, 15) is 8.42 Å². The van der Waals surface area contributed by atoms with Gasteiger partial charge in [-0.3, -0.25) is 5.43 Å². The Bertz CT molecular complexity index is 1090. The average molecular weight is 429 g/mol. The molecular weight excluding hydrogens is 404 g/mol. The molecule has 3 rings (SSSR count). The standard InChI is InChI=1S/C21H24N4O2S2/c1-4-25(5-2)29(26,27)19-8-6-7-18(13-19)20-15-28-21(23-20)24-22-14-17-11-9-16(3)10-12-17/h6-15H,4-5H2,1-3H3,(H,23,24). The molecule has 0 saturated carbocycles. The van der Waals surface area contributed by atoms with Crippen LogP contribution in [0, 0.1) is 6.92 Å². The van der Waals surface area contributed by atoms with Crippen LogP contribution in [0.5, 0.6) is 0 Å². The lowest BCUT2D eigenvalue weighted by atomic mass is 10.2. The molecule has 1 N–H and O–H groups in total. The Kier molecular flexibility index (Phi) is 6.79. The van der Waals surface area contributed by atoms with E-state index in [2.05, 4.69) is 15.5 Å². The van der Waals surface area contributed by atoms with Crippen molar-refractivity contribution in [2.24, 2.45) is 5.10 Å². The number of aryl methyl sites for hydroxylation is 1. The van der Waals surface area contributed by atoms with Crippen molar-refractivity contribution in [1.29, 1.82) is 0 Å². The van der Waals surface area contributed by atoms with Crippen molar-refractivity contribution in [3.63, 3.8) is 0 Å². The van der Waals surface area contributed by atoms with Gasteiger partial charge in [-0.25, -0.2) is 13.4 Å². The number of hydrogen-bond acceptors (Lipinski definition) is 6. The Hall–Kier alpha value is -2.55. The lowest BCUT2D eigenvalue weighted by Gasteiger charge is -2.18. The first kappa shape index (κ1) is 21.2. The second kappa shape index (κ2) is 9.30. The van der Waals surface area contributed by atoms with Gasteiger partial charge in [0, 0.05) is 24.0 Å². The van der Waals surface area contributed by atoms with Gasteiger partial charge < -0.3 is 0 Å². The summed E-state index contributed by atoms with van der Waals surface area (Å²) in [5, 5.41) is 6.74. The maximum Gasteiger partial charge on any atom is 0.243 e. The van der Waals surface area contributed by atoms with Crippen molar-refractivity contribution in [1.82, 2.24) is 9.29 Å². The second-order valence-corrected chi connectivity index (χ2v) is 9.23. The molecule has 0 fully saturated rings. The van der Waals surface area contributed by atoms with Crippen LogP contribution in [-0.4, -0.2) is 37.0 Å². The van der Waals surface area contributed by atoms with Gasteiger partial charge in [-0.05, 0) is 24.6 Å². The second-order valence-electron chi connectivity index (χ2n) is 6.44. The topological polar surface area (TPSA) is 74.7 Å². The third-order valence-corrected chi connectivity index (χ3v) is 7.22. The Morgan fingerprint density at radius 1 is 1.14 bits per heavy atom. The summed E-state index contributed by atoms with van der Waals surface area (Å²) in [7, 11) is -3.50. The minimum absolute atomic E-state index is 0.276. The van der Waals surface area contributed by atoms with E-state index in [1.54, 1.807) is 24.4 Å². The van der Waals surface area contributed by atoms with Crippen molar-refractivity contribution < 1.29 is 8.42 Å². The molecule has 0 aliphatic carbocycles. The van der Waals surface area contributed by atoms with E-state index in [0.717, 1.165) is 11.1 Å². The summed E-state index contributed by atoms with van der Waals surface area (Å²) in [6.07, 6.45) is 1.73. The van der Waals surface area contributed by atoms with E-state index in [4.69, 9.17) is 0 Å². The molecule has 1 aromatic heterocycles. The highest BCUT2D eigenvalue weighted by Crippen LogP contribution is 2.27. The van der Waals surface area contributed by atoms with E-state index in [1.807, 2.05) is 56.5 Å². The van der Waals surface area contributed by atoms with Gasteiger partial charge in [0.1, 0.15) is 0 Å². The van der Waals surface area contributed by atoms with Crippen LogP contribution in [0.4, 0.5) is 5.13 Å². The number of benzene rings is 2. The largest absolute Gasteiger partial charge is 0.253 e. The molecule has 0 spiro atoms. The Labute approximate surface area is 176 Å². The van der Waals surface area contributed by atoms with Crippen LogP contribution in [0.3, 0.4) is 0 Å². The molecule has 0 amide bonds. The Balaban J connectivity index is 1.76. The fraction of sp³-hybridized carbons (Fsp3) is 0.238. The van der Waals surface area contributed by atoms with Gasteiger partial charge in [0.05, 0.1) is 16.8 Å². The Morgan fingerprint density at radius 2 is 1.86 bits per heavy atom. The van der Waals surface area contributed by atoms with Gasteiger partial charge in [0.2, 0.25) is 15.2 Å². The van der Waals surface area contributed by atoms with Gasteiger partial charge >= 0.3 is 0 Å². The van der Waals surface area contributed by atoms with Gasteiger partial charge in [0.15, 0.2) is 0 Å². The fourth-order valence-electron chi connectivity index (χ4n) is 2.80. The highest BCUT2D eigenvalue weighted by molar-refractivity contribution is 7.89. The first-order valence-electron chi connectivity index (χ1n) is 9.36. The van der Waals surface area contributed by atoms with E-state index in [1.165, 1.54) is 21.2 Å². The summed E-state index contributed by atoms with van der Waals surface area (Å²) in [5.74, 6) is 0. The van der Waals surface area contributed by atoms with Crippen molar-refractivity contribution in [2.45, 2.75) is 25.7 Å². The predicted octanol–water partition coefficient (Wildman–Crippen LogP) is 4.60. The zero-order valence-electron chi connectivity index (χ0n) is 16.7. The molecule has 152 valence electrons. The maximum absolute atomic E-state index is 12.8. The fourth-order valence-corrected chi connectivity index (χ4v) is 4.97. The molecule has 0 aliphatic heterocycles. The minimum Gasteiger partial charge on any atom is -0.253 e. The minimum atomic E-state index is -3.50. The number of anilines is 1. The number of nitrogens with zero attached hydrogens (tertiary/aromatic N) is 3. The lowest BCUT2D eigenvalue weighted by molar-refractivity contribution is 0.445.